The fourth-order valence-corrected chi connectivity index (χ4v) is 1.50. The molecule has 0 fully saturated rings. The maximum atomic E-state index is 8.93. The molecule has 0 amide bonds. The molecule has 1 atom stereocenters. The minimum absolute atomic E-state index is 0.151. The Hall–Kier alpha value is -0.860. The smallest absolute Gasteiger partial charge is 0.0582 e. The van der Waals surface area contributed by atoms with Gasteiger partial charge in [0.25, 0.3) is 0 Å². The fraction of sp³-hybridized carbons (Fsp3) is 0.571. The summed E-state index contributed by atoms with van der Waals surface area (Å²) in [5.41, 5.74) is 2.81. The van der Waals surface area contributed by atoms with Gasteiger partial charge in [0, 0.05) is 12.6 Å². The van der Waals surface area contributed by atoms with Gasteiger partial charge in [-0.25, -0.2) is 0 Å². The van der Waals surface area contributed by atoms with E-state index in [-0.39, 0.29) is 18.1 Å². The number of aliphatic hydroxyl groups is 1. The SMILES string of the molecule is CC(CO)NCc1cccc(C(C)(C)C)c1. The Bertz CT molecular complexity index is 328. The lowest BCUT2D eigenvalue weighted by molar-refractivity contribution is 0.251. The second kappa shape index (κ2) is 5.46. The Morgan fingerprint density at radius 1 is 1.31 bits per heavy atom. The Kier molecular flexibility index (Phi) is 4.51. The molecule has 0 saturated heterocycles. The Labute approximate surface area is 98.7 Å². The number of rotatable bonds is 4. The average Bonchev–Trinajstić information content (AvgIpc) is 2.25. The van der Waals surface area contributed by atoms with Crippen molar-refractivity contribution in [1.82, 2.24) is 5.32 Å². The molecule has 0 aromatic heterocycles. The molecule has 0 spiro atoms. The van der Waals surface area contributed by atoms with E-state index >= 15 is 0 Å². The molecule has 0 aliphatic heterocycles. The van der Waals surface area contributed by atoms with Crippen molar-refractivity contribution in [2.24, 2.45) is 0 Å². The molecule has 0 aliphatic rings. The molecule has 0 radical (unpaired) electrons. The van der Waals surface area contributed by atoms with Crippen LogP contribution in [0.5, 0.6) is 0 Å². The molecule has 1 rings (SSSR count). The molecule has 2 N–H and O–H groups in total. The summed E-state index contributed by atoms with van der Waals surface area (Å²) in [4.78, 5) is 0. The lowest BCUT2D eigenvalue weighted by Gasteiger charge is -2.20. The van der Waals surface area contributed by atoms with Crippen LogP contribution in [0.4, 0.5) is 0 Å². The molecule has 2 heteroatoms. The standard InChI is InChI=1S/C14H23NO/c1-11(10-16)15-9-12-6-5-7-13(8-12)14(2,3)4/h5-8,11,15-16H,9-10H2,1-4H3. The molecule has 0 bridgehead atoms. The molecule has 90 valence electrons. The first kappa shape index (κ1) is 13.2. The van der Waals surface area contributed by atoms with Crippen molar-refractivity contribution >= 4 is 0 Å². The maximum absolute atomic E-state index is 8.93. The van der Waals surface area contributed by atoms with Gasteiger partial charge in [0.05, 0.1) is 6.61 Å². The summed E-state index contributed by atoms with van der Waals surface area (Å²) in [6, 6.07) is 8.77. The van der Waals surface area contributed by atoms with Crippen LogP contribution in [0.25, 0.3) is 0 Å². The monoisotopic (exact) mass is 221 g/mol. The highest BCUT2D eigenvalue weighted by Crippen LogP contribution is 2.22. The van der Waals surface area contributed by atoms with Crippen LogP contribution in [0.15, 0.2) is 24.3 Å². The van der Waals surface area contributed by atoms with E-state index in [4.69, 9.17) is 5.11 Å². The molecule has 1 aromatic rings. The first-order valence-corrected chi connectivity index (χ1v) is 5.87. The zero-order valence-electron chi connectivity index (χ0n) is 10.7. The molecule has 1 aromatic carbocycles. The summed E-state index contributed by atoms with van der Waals surface area (Å²) in [5, 5.41) is 12.2. The van der Waals surface area contributed by atoms with Crippen molar-refractivity contribution in [3.63, 3.8) is 0 Å². The van der Waals surface area contributed by atoms with Crippen LogP contribution in [0, 0.1) is 0 Å². The largest absolute Gasteiger partial charge is 0.395 e. The number of nitrogens with one attached hydrogen (secondary N) is 1. The van der Waals surface area contributed by atoms with E-state index in [0.717, 1.165) is 6.54 Å². The van der Waals surface area contributed by atoms with Gasteiger partial charge in [0.15, 0.2) is 0 Å². The second-order valence-corrected chi connectivity index (χ2v) is 5.41. The number of benzene rings is 1. The minimum Gasteiger partial charge on any atom is -0.395 e. The topological polar surface area (TPSA) is 32.3 Å². The Morgan fingerprint density at radius 2 is 2.00 bits per heavy atom. The van der Waals surface area contributed by atoms with E-state index < -0.39 is 0 Å². The Morgan fingerprint density at radius 3 is 2.56 bits per heavy atom. The zero-order chi connectivity index (χ0) is 12.2. The summed E-state index contributed by atoms with van der Waals surface area (Å²) in [6.45, 7) is 9.62. The van der Waals surface area contributed by atoms with E-state index in [1.54, 1.807) is 0 Å². The van der Waals surface area contributed by atoms with Gasteiger partial charge in [-0.2, -0.15) is 0 Å². The van der Waals surface area contributed by atoms with Crippen LogP contribution in [0.1, 0.15) is 38.8 Å². The van der Waals surface area contributed by atoms with Crippen LogP contribution >= 0.6 is 0 Å². The Balaban J connectivity index is 2.68. The van der Waals surface area contributed by atoms with Gasteiger partial charge >= 0.3 is 0 Å². The predicted molar refractivity (Wildman–Crippen MR) is 68.5 cm³/mol. The number of hydrogen-bond acceptors (Lipinski definition) is 2. The van der Waals surface area contributed by atoms with E-state index in [2.05, 4.69) is 50.4 Å². The maximum Gasteiger partial charge on any atom is 0.0582 e. The molecule has 16 heavy (non-hydrogen) atoms. The highest BCUT2D eigenvalue weighted by molar-refractivity contribution is 5.28. The lowest BCUT2D eigenvalue weighted by atomic mass is 9.86. The van der Waals surface area contributed by atoms with E-state index in [1.807, 2.05) is 6.92 Å². The lowest BCUT2D eigenvalue weighted by Crippen LogP contribution is -2.28. The molecule has 0 saturated carbocycles. The second-order valence-electron chi connectivity index (χ2n) is 5.41. The van der Waals surface area contributed by atoms with Crippen molar-refractivity contribution in [3.8, 4) is 0 Å². The fourth-order valence-electron chi connectivity index (χ4n) is 1.50. The van der Waals surface area contributed by atoms with Gasteiger partial charge in [-0.3, -0.25) is 0 Å². The zero-order valence-corrected chi connectivity index (χ0v) is 10.7. The van der Waals surface area contributed by atoms with Crippen LogP contribution in [-0.2, 0) is 12.0 Å². The third-order valence-corrected chi connectivity index (χ3v) is 2.72. The van der Waals surface area contributed by atoms with Crippen LogP contribution in [-0.4, -0.2) is 17.8 Å². The molecular formula is C14H23NO. The summed E-state index contributed by atoms with van der Waals surface area (Å²) >= 11 is 0. The summed E-state index contributed by atoms with van der Waals surface area (Å²) in [6.07, 6.45) is 0. The quantitative estimate of drug-likeness (QED) is 0.818. The first-order valence-electron chi connectivity index (χ1n) is 5.87. The highest BCUT2D eigenvalue weighted by Gasteiger charge is 2.13. The average molecular weight is 221 g/mol. The molecule has 0 heterocycles. The summed E-state index contributed by atoms with van der Waals surface area (Å²) in [7, 11) is 0. The molecular weight excluding hydrogens is 198 g/mol. The van der Waals surface area contributed by atoms with Gasteiger partial charge in [-0.05, 0) is 23.5 Å². The van der Waals surface area contributed by atoms with Gasteiger partial charge in [0.2, 0.25) is 0 Å². The summed E-state index contributed by atoms with van der Waals surface area (Å²) in [5.74, 6) is 0. The van der Waals surface area contributed by atoms with Crippen molar-refractivity contribution in [2.45, 2.75) is 45.7 Å². The third kappa shape index (κ3) is 3.95. The molecule has 0 aliphatic carbocycles. The van der Waals surface area contributed by atoms with Gasteiger partial charge < -0.3 is 10.4 Å². The third-order valence-electron chi connectivity index (χ3n) is 2.72. The normalized spacial score (nSPS) is 13.8. The van der Waals surface area contributed by atoms with Crippen molar-refractivity contribution in [1.29, 1.82) is 0 Å². The van der Waals surface area contributed by atoms with E-state index in [1.165, 1.54) is 11.1 Å². The molecule has 2 nitrogen and oxygen atoms in total. The summed E-state index contributed by atoms with van der Waals surface area (Å²) < 4.78 is 0. The highest BCUT2D eigenvalue weighted by atomic mass is 16.3. The van der Waals surface area contributed by atoms with Crippen LogP contribution in [0.3, 0.4) is 0 Å². The number of hydrogen-bond donors (Lipinski definition) is 2. The van der Waals surface area contributed by atoms with Crippen molar-refractivity contribution in [2.75, 3.05) is 6.61 Å². The first-order chi connectivity index (χ1) is 7.43. The minimum atomic E-state index is 0.151. The predicted octanol–water partition coefficient (Wildman–Crippen LogP) is 2.45. The van der Waals surface area contributed by atoms with E-state index in [9.17, 15) is 0 Å². The molecule has 1 unspecified atom stereocenters. The van der Waals surface area contributed by atoms with Crippen LogP contribution in [0.2, 0.25) is 0 Å². The van der Waals surface area contributed by atoms with Crippen molar-refractivity contribution in [3.05, 3.63) is 35.4 Å². The van der Waals surface area contributed by atoms with Crippen molar-refractivity contribution < 1.29 is 5.11 Å². The van der Waals surface area contributed by atoms with E-state index in [0.29, 0.717) is 0 Å². The number of aliphatic hydroxyl groups excluding tert-OH is 1. The van der Waals surface area contributed by atoms with Gasteiger partial charge in [0.1, 0.15) is 0 Å². The van der Waals surface area contributed by atoms with Gasteiger partial charge in [-0.1, -0.05) is 45.0 Å². The van der Waals surface area contributed by atoms with Gasteiger partial charge in [-0.15, -0.1) is 0 Å². The van der Waals surface area contributed by atoms with Crippen LogP contribution < -0.4 is 5.32 Å².